The van der Waals surface area contributed by atoms with Crippen molar-refractivity contribution in [2.75, 3.05) is 13.1 Å². The van der Waals surface area contributed by atoms with Crippen molar-refractivity contribution in [1.29, 1.82) is 0 Å². The first-order valence-corrected chi connectivity index (χ1v) is 8.40. The minimum Gasteiger partial charge on any atom is -0.347 e. The van der Waals surface area contributed by atoms with Crippen molar-refractivity contribution in [3.63, 3.8) is 0 Å². The Morgan fingerprint density at radius 1 is 1.00 bits per heavy atom. The van der Waals surface area contributed by atoms with Gasteiger partial charge in [0.1, 0.15) is 0 Å². The molecule has 1 saturated heterocycles. The fraction of sp³-hybridized carbons (Fsp3) is 0.235. The molecule has 2 aromatic rings. The highest BCUT2D eigenvalue weighted by Gasteiger charge is 2.30. The predicted molar refractivity (Wildman–Crippen MR) is 94.8 cm³/mol. The van der Waals surface area contributed by atoms with E-state index in [2.05, 4.69) is 10.6 Å². The van der Waals surface area contributed by atoms with Gasteiger partial charge in [0.25, 0.3) is 5.91 Å². The zero-order valence-corrected chi connectivity index (χ0v) is 14.4. The van der Waals surface area contributed by atoms with Crippen LogP contribution >= 0.6 is 34.8 Å². The van der Waals surface area contributed by atoms with Gasteiger partial charge in [-0.25, -0.2) is 0 Å². The molecule has 3 nitrogen and oxygen atoms in total. The summed E-state index contributed by atoms with van der Waals surface area (Å²) in [6.07, 6.45) is 0. The zero-order valence-electron chi connectivity index (χ0n) is 12.2. The molecule has 1 amide bonds. The minimum atomic E-state index is -0.111. The third-order valence-electron chi connectivity index (χ3n) is 4.01. The first-order chi connectivity index (χ1) is 11.0. The lowest BCUT2D eigenvalue weighted by atomic mass is 9.94. The van der Waals surface area contributed by atoms with Gasteiger partial charge < -0.3 is 10.6 Å². The van der Waals surface area contributed by atoms with Gasteiger partial charge >= 0.3 is 0 Å². The second-order valence-electron chi connectivity index (χ2n) is 5.53. The monoisotopic (exact) mass is 368 g/mol. The maximum atomic E-state index is 12.4. The fourth-order valence-corrected chi connectivity index (χ4v) is 3.21. The van der Waals surface area contributed by atoms with Crippen molar-refractivity contribution in [2.24, 2.45) is 0 Å². The fourth-order valence-electron chi connectivity index (χ4n) is 2.78. The average molecular weight is 370 g/mol. The number of benzene rings is 2. The van der Waals surface area contributed by atoms with Crippen LogP contribution in [0.2, 0.25) is 15.1 Å². The lowest BCUT2D eigenvalue weighted by Crippen LogP contribution is -2.39. The van der Waals surface area contributed by atoms with Gasteiger partial charge in [-0.3, -0.25) is 4.79 Å². The second kappa shape index (κ2) is 7.10. The summed E-state index contributed by atoms with van der Waals surface area (Å²) in [6, 6.07) is 12.4. The Labute approximate surface area is 149 Å². The van der Waals surface area contributed by atoms with E-state index in [1.165, 1.54) is 0 Å². The molecule has 0 aromatic heterocycles. The SMILES string of the molecule is O=C(N[C@@H]1CNC[C@@H]1c1ccc(Cl)c(Cl)c1)c1ccc(Cl)cc1. The maximum absolute atomic E-state index is 12.4. The van der Waals surface area contributed by atoms with Crippen LogP contribution in [-0.4, -0.2) is 25.0 Å². The molecular weight excluding hydrogens is 355 g/mol. The van der Waals surface area contributed by atoms with Crippen molar-refractivity contribution >= 4 is 40.7 Å². The van der Waals surface area contributed by atoms with Crippen LogP contribution in [0.1, 0.15) is 21.8 Å². The molecule has 0 spiro atoms. The van der Waals surface area contributed by atoms with Crippen LogP contribution in [0.4, 0.5) is 0 Å². The molecule has 0 unspecified atom stereocenters. The molecule has 120 valence electrons. The minimum absolute atomic E-state index is 0.00424. The number of carbonyl (C=O) groups excluding carboxylic acids is 1. The summed E-state index contributed by atoms with van der Waals surface area (Å²) in [7, 11) is 0. The number of amides is 1. The quantitative estimate of drug-likeness (QED) is 0.854. The van der Waals surface area contributed by atoms with E-state index in [1.54, 1.807) is 30.3 Å². The molecule has 2 N–H and O–H groups in total. The van der Waals surface area contributed by atoms with E-state index in [-0.39, 0.29) is 17.9 Å². The molecule has 1 aliphatic heterocycles. The topological polar surface area (TPSA) is 41.1 Å². The Balaban J connectivity index is 1.75. The zero-order chi connectivity index (χ0) is 16.4. The highest BCUT2D eigenvalue weighted by molar-refractivity contribution is 6.42. The molecule has 23 heavy (non-hydrogen) atoms. The van der Waals surface area contributed by atoms with Crippen molar-refractivity contribution in [3.8, 4) is 0 Å². The van der Waals surface area contributed by atoms with Crippen molar-refractivity contribution in [1.82, 2.24) is 10.6 Å². The van der Waals surface area contributed by atoms with Crippen molar-refractivity contribution in [3.05, 3.63) is 68.7 Å². The van der Waals surface area contributed by atoms with E-state index >= 15 is 0 Å². The normalized spacial score (nSPS) is 20.5. The third kappa shape index (κ3) is 3.81. The second-order valence-corrected chi connectivity index (χ2v) is 6.78. The van der Waals surface area contributed by atoms with Crippen LogP contribution < -0.4 is 10.6 Å². The Hall–Kier alpha value is -1.26. The summed E-state index contributed by atoms with van der Waals surface area (Å²) < 4.78 is 0. The lowest BCUT2D eigenvalue weighted by Gasteiger charge is -2.21. The van der Waals surface area contributed by atoms with Gasteiger partial charge in [0, 0.05) is 35.6 Å². The highest BCUT2D eigenvalue weighted by Crippen LogP contribution is 2.29. The largest absolute Gasteiger partial charge is 0.347 e. The maximum Gasteiger partial charge on any atom is 0.251 e. The Kier molecular flexibility index (Phi) is 5.12. The van der Waals surface area contributed by atoms with E-state index in [4.69, 9.17) is 34.8 Å². The molecule has 3 rings (SSSR count). The van der Waals surface area contributed by atoms with Gasteiger partial charge in [-0.2, -0.15) is 0 Å². The van der Waals surface area contributed by atoms with E-state index in [0.717, 1.165) is 12.1 Å². The number of rotatable bonds is 3. The number of halogens is 3. The summed E-state index contributed by atoms with van der Waals surface area (Å²) in [5.74, 6) is 0.0430. The van der Waals surface area contributed by atoms with Gasteiger partial charge in [0.2, 0.25) is 0 Å². The van der Waals surface area contributed by atoms with Gasteiger partial charge in [0.15, 0.2) is 0 Å². The number of nitrogens with one attached hydrogen (secondary N) is 2. The molecule has 2 aromatic carbocycles. The van der Waals surface area contributed by atoms with Crippen LogP contribution in [0.5, 0.6) is 0 Å². The van der Waals surface area contributed by atoms with Crippen molar-refractivity contribution < 1.29 is 4.79 Å². The van der Waals surface area contributed by atoms with Gasteiger partial charge in [0.05, 0.1) is 10.0 Å². The van der Waals surface area contributed by atoms with Crippen molar-refractivity contribution in [2.45, 2.75) is 12.0 Å². The molecule has 1 aliphatic rings. The molecule has 6 heteroatoms. The Morgan fingerprint density at radius 3 is 2.43 bits per heavy atom. The van der Waals surface area contributed by atoms with Gasteiger partial charge in [-0.05, 0) is 42.0 Å². The molecule has 0 saturated carbocycles. The Morgan fingerprint density at radius 2 is 1.74 bits per heavy atom. The standard InChI is InChI=1S/C17H15Cl3N2O/c18-12-4-1-10(2-5-12)17(23)22-16-9-21-8-13(16)11-3-6-14(19)15(20)7-11/h1-7,13,16,21H,8-9H2,(H,22,23)/t13-,16-/m1/s1. The lowest BCUT2D eigenvalue weighted by molar-refractivity contribution is 0.0937. The summed E-state index contributed by atoms with van der Waals surface area (Å²) in [5.41, 5.74) is 1.65. The number of hydrogen-bond acceptors (Lipinski definition) is 2. The van der Waals surface area contributed by atoms with E-state index < -0.39 is 0 Å². The molecular formula is C17H15Cl3N2O. The predicted octanol–water partition coefficient (Wildman–Crippen LogP) is 4.13. The first kappa shape index (κ1) is 16.6. The molecule has 1 heterocycles. The smallest absolute Gasteiger partial charge is 0.251 e. The number of hydrogen-bond donors (Lipinski definition) is 2. The third-order valence-corrected chi connectivity index (χ3v) is 5.00. The van der Waals surface area contributed by atoms with E-state index in [1.807, 2.05) is 12.1 Å². The van der Waals surface area contributed by atoms with Crippen LogP contribution in [-0.2, 0) is 0 Å². The Bertz CT molecular complexity index is 718. The van der Waals surface area contributed by atoms with Crippen LogP contribution in [0.25, 0.3) is 0 Å². The van der Waals surface area contributed by atoms with Gasteiger partial charge in [-0.15, -0.1) is 0 Å². The highest BCUT2D eigenvalue weighted by atomic mass is 35.5. The summed E-state index contributed by atoms with van der Waals surface area (Å²) >= 11 is 17.9. The first-order valence-electron chi connectivity index (χ1n) is 7.26. The average Bonchev–Trinajstić information content (AvgIpc) is 2.99. The summed E-state index contributed by atoms with van der Waals surface area (Å²) in [4.78, 5) is 12.4. The summed E-state index contributed by atoms with van der Waals surface area (Å²) in [5, 5.41) is 8.05. The van der Waals surface area contributed by atoms with Gasteiger partial charge in [-0.1, -0.05) is 40.9 Å². The molecule has 2 atom stereocenters. The molecule has 0 radical (unpaired) electrons. The molecule has 0 aliphatic carbocycles. The van der Waals surface area contributed by atoms with Crippen LogP contribution in [0, 0.1) is 0 Å². The van der Waals surface area contributed by atoms with E-state index in [9.17, 15) is 4.79 Å². The molecule has 0 bridgehead atoms. The van der Waals surface area contributed by atoms with Crippen LogP contribution in [0.15, 0.2) is 42.5 Å². The van der Waals surface area contributed by atoms with E-state index in [0.29, 0.717) is 27.2 Å². The number of carbonyl (C=O) groups is 1. The molecule has 1 fully saturated rings. The van der Waals surface area contributed by atoms with Crippen LogP contribution in [0.3, 0.4) is 0 Å². The summed E-state index contributed by atoms with van der Waals surface area (Å²) in [6.45, 7) is 1.49.